The van der Waals surface area contributed by atoms with Crippen molar-refractivity contribution in [2.24, 2.45) is 0 Å². The average molecular weight is 350 g/mol. The molecule has 0 aliphatic carbocycles. The molecule has 1 aliphatic rings. The molecule has 8 nitrogen and oxygen atoms in total. The molecule has 3 atom stereocenters. The Morgan fingerprint density at radius 1 is 1.36 bits per heavy atom. The van der Waals surface area contributed by atoms with Gasteiger partial charge in [-0.2, -0.15) is 4.39 Å². The molecule has 2 heterocycles. The Labute approximate surface area is 140 Å². The Kier molecular flexibility index (Phi) is 4.77. The molecule has 0 radical (unpaired) electrons. The lowest BCUT2D eigenvalue weighted by Crippen LogP contribution is -2.36. The van der Waals surface area contributed by atoms with Crippen molar-refractivity contribution >= 4 is 5.97 Å². The number of benzene rings is 1. The summed E-state index contributed by atoms with van der Waals surface area (Å²) in [6.07, 6.45) is -2.22. The maximum atomic E-state index is 13.4. The lowest BCUT2D eigenvalue weighted by atomic mass is 10.2. The van der Waals surface area contributed by atoms with Crippen LogP contribution in [0.2, 0.25) is 0 Å². The Balaban J connectivity index is 1.66. The van der Waals surface area contributed by atoms with Gasteiger partial charge in [-0.3, -0.25) is 14.3 Å². The topological polar surface area (TPSA) is 111 Å². The molecular formula is C16H15FN2O6. The number of aliphatic hydroxyl groups is 1. The minimum atomic E-state index is -1.18. The van der Waals surface area contributed by atoms with E-state index in [0.29, 0.717) is 11.8 Å². The molecule has 2 aromatic rings. The number of hydrogen-bond acceptors (Lipinski definition) is 6. The third kappa shape index (κ3) is 3.67. The highest BCUT2D eigenvalue weighted by molar-refractivity contribution is 5.89. The van der Waals surface area contributed by atoms with Crippen LogP contribution in [0.25, 0.3) is 0 Å². The van der Waals surface area contributed by atoms with Gasteiger partial charge in [-0.1, -0.05) is 18.2 Å². The first-order valence-corrected chi connectivity index (χ1v) is 7.52. The highest BCUT2D eigenvalue weighted by Crippen LogP contribution is 2.28. The van der Waals surface area contributed by atoms with Gasteiger partial charge < -0.3 is 14.6 Å². The lowest BCUT2D eigenvalue weighted by Gasteiger charge is -2.17. The van der Waals surface area contributed by atoms with Crippen LogP contribution >= 0.6 is 0 Å². The molecule has 0 amide bonds. The number of nitrogens with one attached hydrogen (secondary N) is 1. The van der Waals surface area contributed by atoms with Crippen molar-refractivity contribution in [2.75, 3.05) is 6.61 Å². The van der Waals surface area contributed by atoms with Crippen LogP contribution in [0.3, 0.4) is 0 Å². The maximum absolute atomic E-state index is 13.4. The van der Waals surface area contributed by atoms with Crippen LogP contribution in [0.5, 0.6) is 0 Å². The molecule has 1 aliphatic heterocycles. The Hall–Kier alpha value is -2.78. The van der Waals surface area contributed by atoms with Crippen molar-refractivity contribution in [3.63, 3.8) is 0 Å². The third-order valence-corrected chi connectivity index (χ3v) is 3.77. The number of aromatic amines is 1. The zero-order valence-electron chi connectivity index (χ0n) is 12.9. The molecule has 1 aromatic heterocycles. The van der Waals surface area contributed by atoms with Crippen LogP contribution in [-0.4, -0.2) is 39.4 Å². The summed E-state index contributed by atoms with van der Waals surface area (Å²) in [5, 5.41) is 10.0. The first-order chi connectivity index (χ1) is 12.0. The summed E-state index contributed by atoms with van der Waals surface area (Å²) in [5.74, 6) is -1.72. The van der Waals surface area contributed by atoms with E-state index in [0.717, 1.165) is 4.57 Å². The Morgan fingerprint density at radius 2 is 2.08 bits per heavy atom. The molecule has 0 saturated carbocycles. The number of halogens is 1. The summed E-state index contributed by atoms with van der Waals surface area (Å²) in [4.78, 5) is 36.5. The predicted molar refractivity (Wildman–Crippen MR) is 82.5 cm³/mol. The smallest absolute Gasteiger partial charge is 0.338 e. The van der Waals surface area contributed by atoms with E-state index in [9.17, 15) is 23.9 Å². The molecule has 3 rings (SSSR count). The second kappa shape index (κ2) is 6.99. The van der Waals surface area contributed by atoms with E-state index in [1.807, 2.05) is 0 Å². The van der Waals surface area contributed by atoms with Crippen LogP contribution in [-0.2, 0) is 9.47 Å². The van der Waals surface area contributed by atoms with Gasteiger partial charge in [0.25, 0.3) is 5.56 Å². The van der Waals surface area contributed by atoms with Gasteiger partial charge in [0.05, 0.1) is 17.9 Å². The average Bonchev–Trinajstić information content (AvgIpc) is 2.97. The van der Waals surface area contributed by atoms with Crippen molar-refractivity contribution in [3.8, 4) is 0 Å². The molecule has 9 heteroatoms. The maximum Gasteiger partial charge on any atom is 0.338 e. The SMILES string of the molecule is O=C(OC[C@H]1C[C@@H](O)[C@@H](n2cc(F)c(=O)[nH]c2=O)O1)c1ccccc1. The monoisotopic (exact) mass is 350 g/mol. The largest absolute Gasteiger partial charge is 0.459 e. The van der Waals surface area contributed by atoms with Crippen LogP contribution in [0.15, 0.2) is 46.1 Å². The molecule has 1 fully saturated rings. The molecular weight excluding hydrogens is 335 g/mol. The quantitative estimate of drug-likeness (QED) is 0.761. The van der Waals surface area contributed by atoms with Gasteiger partial charge in [-0.05, 0) is 12.1 Å². The fourth-order valence-corrected chi connectivity index (χ4v) is 2.56. The van der Waals surface area contributed by atoms with Gasteiger partial charge in [0.2, 0.25) is 5.82 Å². The fraction of sp³-hybridized carbons (Fsp3) is 0.312. The number of ether oxygens (including phenoxy) is 2. The van der Waals surface area contributed by atoms with Crippen molar-refractivity contribution in [3.05, 3.63) is 68.7 Å². The van der Waals surface area contributed by atoms with E-state index in [1.54, 1.807) is 35.3 Å². The summed E-state index contributed by atoms with van der Waals surface area (Å²) in [7, 11) is 0. The number of aliphatic hydroxyl groups excluding tert-OH is 1. The Bertz CT molecular complexity index is 878. The van der Waals surface area contributed by atoms with Gasteiger partial charge in [-0.25, -0.2) is 9.59 Å². The molecule has 1 saturated heterocycles. The van der Waals surface area contributed by atoms with Crippen LogP contribution in [0.4, 0.5) is 4.39 Å². The summed E-state index contributed by atoms with van der Waals surface area (Å²) in [5.41, 5.74) is -1.68. The molecule has 2 N–H and O–H groups in total. The van der Waals surface area contributed by atoms with Crippen LogP contribution < -0.4 is 11.2 Å². The lowest BCUT2D eigenvalue weighted by molar-refractivity contribution is -0.0575. The van der Waals surface area contributed by atoms with E-state index in [-0.39, 0.29) is 13.0 Å². The summed E-state index contributed by atoms with van der Waals surface area (Å²) in [6.45, 7) is -0.137. The fourth-order valence-electron chi connectivity index (χ4n) is 2.56. The zero-order chi connectivity index (χ0) is 18.0. The van der Waals surface area contributed by atoms with Crippen molar-refractivity contribution in [2.45, 2.75) is 24.9 Å². The van der Waals surface area contributed by atoms with Crippen LogP contribution in [0, 0.1) is 5.82 Å². The Morgan fingerprint density at radius 3 is 2.80 bits per heavy atom. The van der Waals surface area contributed by atoms with Crippen molar-refractivity contribution in [1.82, 2.24) is 9.55 Å². The van der Waals surface area contributed by atoms with Gasteiger partial charge in [0, 0.05) is 6.42 Å². The number of nitrogens with zero attached hydrogens (tertiary/aromatic N) is 1. The number of carbonyl (C=O) groups excluding carboxylic acids is 1. The molecule has 0 unspecified atom stereocenters. The molecule has 132 valence electrons. The van der Waals surface area contributed by atoms with Crippen molar-refractivity contribution in [1.29, 1.82) is 0 Å². The first kappa shape index (κ1) is 17.1. The highest BCUT2D eigenvalue weighted by Gasteiger charge is 2.36. The van der Waals surface area contributed by atoms with E-state index in [4.69, 9.17) is 9.47 Å². The van der Waals surface area contributed by atoms with Gasteiger partial charge in [0.15, 0.2) is 6.23 Å². The number of carbonyl (C=O) groups is 1. The van der Waals surface area contributed by atoms with Gasteiger partial charge in [-0.15, -0.1) is 0 Å². The number of esters is 1. The normalized spacial score (nSPS) is 22.7. The summed E-state index contributed by atoms with van der Waals surface area (Å²) >= 11 is 0. The number of rotatable bonds is 4. The van der Waals surface area contributed by atoms with Crippen molar-refractivity contribution < 1.29 is 23.8 Å². The number of H-pyrrole nitrogens is 1. The van der Waals surface area contributed by atoms with E-state index in [2.05, 4.69) is 0 Å². The number of hydrogen-bond donors (Lipinski definition) is 2. The summed E-state index contributed by atoms with van der Waals surface area (Å²) in [6, 6.07) is 8.34. The zero-order valence-corrected chi connectivity index (χ0v) is 12.9. The van der Waals surface area contributed by atoms with Gasteiger partial charge in [0.1, 0.15) is 12.7 Å². The highest BCUT2D eigenvalue weighted by atomic mass is 19.1. The molecule has 1 aromatic carbocycles. The first-order valence-electron chi connectivity index (χ1n) is 7.52. The van der Waals surface area contributed by atoms with E-state index in [1.165, 1.54) is 0 Å². The molecule has 25 heavy (non-hydrogen) atoms. The standard InChI is InChI=1S/C16H15FN2O6/c17-11-7-19(16(23)18-13(11)21)14-12(20)6-10(25-14)8-24-15(22)9-4-2-1-3-5-9/h1-5,7,10,12,14,20H,6,8H2,(H,18,21,23)/t10-,12-,14+/m1/s1. The third-order valence-electron chi connectivity index (χ3n) is 3.77. The molecule has 0 bridgehead atoms. The second-order valence-electron chi connectivity index (χ2n) is 5.56. The predicted octanol–water partition coefficient (Wildman–Crippen LogP) is 0.181. The van der Waals surface area contributed by atoms with Gasteiger partial charge >= 0.3 is 11.7 Å². The summed E-state index contributed by atoms with van der Waals surface area (Å²) < 4.78 is 24.7. The van der Waals surface area contributed by atoms with E-state index >= 15 is 0 Å². The van der Waals surface area contributed by atoms with Crippen LogP contribution in [0.1, 0.15) is 23.0 Å². The second-order valence-corrected chi connectivity index (χ2v) is 5.56. The number of aromatic nitrogens is 2. The molecule has 0 spiro atoms. The minimum absolute atomic E-state index is 0.0833. The minimum Gasteiger partial charge on any atom is -0.459 e. The van der Waals surface area contributed by atoms with E-state index < -0.39 is 41.5 Å².